The molecule has 3 rings (SSSR count). The van der Waals surface area contributed by atoms with E-state index in [1.165, 1.54) is 0 Å². The molecule has 0 unspecified atom stereocenters. The van der Waals surface area contributed by atoms with E-state index in [1.807, 2.05) is 68.4 Å². The Kier molecular flexibility index (Phi) is 6.66. The van der Waals surface area contributed by atoms with Crippen LogP contribution in [0, 0.1) is 6.92 Å². The molecule has 0 aliphatic heterocycles. The number of fused-ring (bicyclic) bond motifs is 1. The second-order valence-corrected chi connectivity index (χ2v) is 7.13. The zero-order chi connectivity index (χ0) is 19.9. The summed E-state index contributed by atoms with van der Waals surface area (Å²) in [6.07, 6.45) is 1.63. The number of halogens is 1. The van der Waals surface area contributed by atoms with E-state index in [-0.39, 0.29) is 12.5 Å². The van der Waals surface area contributed by atoms with Gasteiger partial charge in [0.2, 0.25) is 0 Å². The molecule has 0 radical (unpaired) electrons. The zero-order valence-electron chi connectivity index (χ0n) is 15.8. The van der Waals surface area contributed by atoms with E-state index in [0.29, 0.717) is 12.4 Å². The van der Waals surface area contributed by atoms with Crippen molar-refractivity contribution in [2.24, 2.45) is 5.10 Å². The molecule has 6 heteroatoms. The van der Waals surface area contributed by atoms with Gasteiger partial charge in [0.25, 0.3) is 5.91 Å². The average molecular weight is 440 g/mol. The summed E-state index contributed by atoms with van der Waals surface area (Å²) in [6, 6.07) is 17.9. The molecule has 0 fully saturated rings. The van der Waals surface area contributed by atoms with Crippen LogP contribution in [0.3, 0.4) is 0 Å². The molecule has 2 N–H and O–H groups in total. The van der Waals surface area contributed by atoms with Gasteiger partial charge in [-0.1, -0.05) is 36.4 Å². The van der Waals surface area contributed by atoms with Crippen LogP contribution >= 0.6 is 15.9 Å². The number of nitrogens with zero attached hydrogens (tertiary/aromatic N) is 1. The molecule has 0 spiro atoms. The Morgan fingerprint density at radius 1 is 1.18 bits per heavy atom. The number of anilines is 1. The molecule has 0 saturated carbocycles. The van der Waals surface area contributed by atoms with Crippen molar-refractivity contribution in [3.63, 3.8) is 0 Å². The van der Waals surface area contributed by atoms with Gasteiger partial charge in [-0.15, -0.1) is 0 Å². The smallest absolute Gasteiger partial charge is 0.259 e. The number of amides is 1. The SMILES string of the molecule is CCOc1c(Br)cc2ccccc2c1/C=N/NC(=O)CNc1cccc(C)c1. The van der Waals surface area contributed by atoms with E-state index in [1.54, 1.807) is 6.21 Å². The average Bonchev–Trinajstić information content (AvgIpc) is 2.68. The summed E-state index contributed by atoms with van der Waals surface area (Å²) < 4.78 is 6.64. The van der Waals surface area contributed by atoms with Gasteiger partial charge < -0.3 is 10.1 Å². The third-order valence-electron chi connectivity index (χ3n) is 4.14. The summed E-state index contributed by atoms with van der Waals surface area (Å²) in [5.74, 6) is 0.479. The Bertz CT molecular complexity index is 1020. The molecule has 0 bridgehead atoms. The van der Waals surface area contributed by atoms with Gasteiger partial charge in [0.1, 0.15) is 5.75 Å². The lowest BCUT2D eigenvalue weighted by Gasteiger charge is -2.12. The fraction of sp³-hybridized carbons (Fsp3) is 0.182. The molecule has 0 heterocycles. The molecule has 0 saturated heterocycles. The van der Waals surface area contributed by atoms with Crippen LogP contribution in [0.1, 0.15) is 18.1 Å². The largest absolute Gasteiger partial charge is 0.492 e. The summed E-state index contributed by atoms with van der Waals surface area (Å²) in [7, 11) is 0. The van der Waals surface area contributed by atoms with Crippen molar-refractivity contribution in [3.05, 3.63) is 70.2 Å². The lowest BCUT2D eigenvalue weighted by atomic mass is 10.0. The summed E-state index contributed by atoms with van der Waals surface area (Å²) in [5, 5.41) is 9.29. The number of aryl methyl sites for hydroxylation is 1. The van der Waals surface area contributed by atoms with Crippen LogP contribution < -0.4 is 15.5 Å². The van der Waals surface area contributed by atoms with Gasteiger partial charge in [-0.3, -0.25) is 4.79 Å². The van der Waals surface area contributed by atoms with Gasteiger partial charge in [-0.2, -0.15) is 5.10 Å². The van der Waals surface area contributed by atoms with Gasteiger partial charge in [0.05, 0.1) is 23.8 Å². The first-order valence-electron chi connectivity index (χ1n) is 9.05. The number of carbonyl (C=O) groups excluding carboxylic acids is 1. The molecule has 3 aromatic carbocycles. The van der Waals surface area contributed by atoms with Crippen LogP contribution in [0.4, 0.5) is 5.69 Å². The minimum absolute atomic E-state index is 0.137. The number of rotatable bonds is 7. The first-order chi connectivity index (χ1) is 13.6. The third kappa shape index (κ3) is 4.89. The van der Waals surface area contributed by atoms with Crippen molar-refractivity contribution in [2.45, 2.75) is 13.8 Å². The molecule has 0 aliphatic rings. The van der Waals surface area contributed by atoms with E-state index in [9.17, 15) is 4.79 Å². The maximum Gasteiger partial charge on any atom is 0.259 e. The fourth-order valence-corrected chi connectivity index (χ4v) is 3.46. The zero-order valence-corrected chi connectivity index (χ0v) is 17.4. The van der Waals surface area contributed by atoms with Crippen LogP contribution in [0.25, 0.3) is 10.8 Å². The molecular weight excluding hydrogens is 418 g/mol. The van der Waals surface area contributed by atoms with Crippen molar-refractivity contribution in [1.82, 2.24) is 5.43 Å². The Balaban J connectivity index is 1.73. The highest BCUT2D eigenvalue weighted by molar-refractivity contribution is 9.10. The summed E-state index contributed by atoms with van der Waals surface area (Å²) in [4.78, 5) is 12.1. The first kappa shape index (κ1) is 19.9. The molecule has 3 aromatic rings. The van der Waals surface area contributed by atoms with Gasteiger partial charge in [0.15, 0.2) is 0 Å². The number of benzene rings is 3. The van der Waals surface area contributed by atoms with Crippen molar-refractivity contribution >= 4 is 44.5 Å². The Morgan fingerprint density at radius 2 is 2.00 bits per heavy atom. The topological polar surface area (TPSA) is 62.7 Å². The normalized spacial score (nSPS) is 11.0. The van der Waals surface area contributed by atoms with Crippen molar-refractivity contribution < 1.29 is 9.53 Å². The Morgan fingerprint density at radius 3 is 2.79 bits per heavy atom. The summed E-state index contributed by atoms with van der Waals surface area (Å²) in [5.41, 5.74) is 5.42. The molecular formula is C22H22BrN3O2. The van der Waals surface area contributed by atoms with E-state index < -0.39 is 0 Å². The minimum Gasteiger partial charge on any atom is -0.492 e. The number of nitrogens with one attached hydrogen (secondary N) is 2. The predicted octanol–water partition coefficient (Wildman–Crippen LogP) is 4.87. The van der Waals surface area contributed by atoms with E-state index in [4.69, 9.17) is 4.74 Å². The van der Waals surface area contributed by atoms with Gasteiger partial charge >= 0.3 is 0 Å². The highest BCUT2D eigenvalue weighted by atomic mass is 79.9. The van der Waals surface area contributed by atoms with E-state index in [0.717, 1.165) is 32.1 Å². The van der Waals surface area contributed by atoms with Gasteiger partial charge in [0, 0.05) is 11.3 Å². The highest BCUT2D eigenvalue weighted by Gasteiger charge is 2.12. The fourth-order valence-electron chi connectivity index (χ4n) is 2.89. The minimum atomic E-state index is -0.227. The molecule has 0 aliphatic carbocycles. The number of hydrogen-bond donors (Lipinski definition) is 2. The van der Waals surface area contributed by atoms with Gasteiger partial charge in [-0.05, 0) is 64.3 Å². The molecule has 28 heavy (non-hydrogen) atoms. The molecule has 144 valence electrons. The lowest BCUT2D eigenvalue weighted by Crippen LogP contribution is -2.25. The summed E-state index contributed by atoms with van der Waals surface area (Å²) >= 11 is 3.56. The van der Waals surface area contributed by atoms with Crippen molar-refractivity contribution in [3.8, 4) is 5.75 Å². The van der Waals surface area contributed by atoms with Crippen molar-refractivity contribution in [2.75, 3.05) is 18.5 Å². The first-order valence-corrected chi connectivity index (χ1v) is 9.84. The molecule has 1 amide bonds. The molecule has 0 atom stereocenters. The number of hydrogen-bond acceptors (Lipinski definition) is 4. The number of ether oxygens (including phenoxy) is 1. The molecule has 0 aromatic heterocycles. The lowest BCUT2D eigenvalue weighted by molar-refractivity contribution is -0.119. The Hall–Kier alpha value is -2.86. The standard InChI is InChI=1S/C22H22BrN3O2/c1-3-28-22-19(18-10-5-4-8-16(18)12-20(22)23)13-25-26-21(27)14-24-17-9-6-7-15(2)11-17/h4-13,24H,3,14H2,1-2H3,(H,26,27)/b25-13+. The maximum atomic E-state index is 12.1. The van der Waals surface area contributed by atoms with Crippen molar-refractivity contribution in [1.29, 1.82) is 0 Å². The van der Waals surface area contributed by atoms with E-state index in [2.05, 4.69) is 31.8 Å². The number of hydrazone groups is 1. The predicted molar refractivity (Wildman–Crippen MR) is 118 cm³/mol. The Labute approximate surface area is 172 Å². The van der Waals surface area contributed by atoms with Gasteiger partial charge in [-0.25, -0.2) is 5.43 Å². The second kappa shape index (κ2) is 9.37. The highest BCUT2D eigenvalue weighted by Crippen LogP contribution is 2.34. The number of carbonyl (C=O) groups is 1. The quantitative estimate of drug-likeness (QED) is 0.407. The van der Waals surface area contributed by atoms with Crippen LogP contribution in [-0.4, -0.2) is 25.3 Å². The van der Waals surface area contributed by atoms with Crippen LogP contribution in [-0.2, 0) is 4.79 Å². The van der Waals surface area contributed by atoms with Crippen LogP contribution in [0.15, 0.2) is 64.2 Å². The third-order valence-corrected chi connectivity index (χ3v) is 4.73. The molecule has 5 nitrogen and oxygen atoms in total. The monoisotopic (exact) mass is 439 g/mol. The van der Waals surface area contributed by atoms with Crippen LogP contribution in [0.5, 0.6) is 5.75 Å². The summed E-state index contributed by atoms with van der Waals surface area (Å²) in [6.45, 7) is 4.61. The second-order valence-electron chi connectivity index (χ2n) is 6.27. The maximum absolute atomic E-state index is 12.1. The van der Waals surface area contributed by atoms with Crippen LogP contribution in [0.2, 0.25) is 0 Å². The van der Waals surface area contributed by atoms with E-state index >= 15 is 0 Å².